The third-order valence-corrected chi connectivity index (χ3v) is 5.12. The maximum atomic E-state index is 12.3. The molecule has 0 aliphatic rings. The fraction of sp³-hybridized carbons (Fsp3) is 0.188. The standard InChI is InChI=1S/C16H17N3O4S/c1-23-12-4-2-11(3-5-12)8-9-17-24(21,22)13-6-7-14-15(10-13)19-16(20)18-14/h2-7,10,17H,8-9H2,1H3,(H2,18,19,20). The molecular formula is C16H17N3O4S. The first kappa shape index (κ1) is 16.3. The summed E-state index contributed by atoms with van der Waals surface area (Å²) in [5.41, 5.74) is 1.66. The van der Waals surface area contributed by atoms with Gasteiger partial charge in [-0.25, -0.2) is 17.9 Å². The van der Waals surface area contributed by atoms with Crippen LogP contribution in [-0.2, 0) is 16.4 Å². The molecule has 1 heterocycles. The summed E-state index contributed by atoms with van der Waals surface area (Å²) in [6, 6.07) is 11.9. The third kappa shape index (κ3) is 3.50. The van der Waals surface area contributed by atoms with Crippen molar-refractivity contribution in [3.05, 3.63) is 58.5 Å². The molecule has 0 aliphatic carbocycles. The molecule has 3 rings (SSSR count). The van der Waals surface area contributed by atoms with Crippen molar-refractivity contribution in [2.24, 2.45) is 0 Å². The van der Waals surface area contributed by atoms with E-state index in [1.807, 2.05) is 24.3 Å². The Morgan fingerprint density at radius 3 is 2.46 bits per heavy atom. The molecule has 0 spiro atoms. The van der Waals surface area contributed by atoms with Crippen LogP contribution in [0.4, 0.5) is 0 Å². The second-order valence-electron chi connectivity index (χ2n) is 5.28. The molecule has 8 heteroatoms. The van der Waals surface area contributed by atoms with E-state index in [1.165, 1.54) is 12.1 Å². The summed E-state index contributed by atoms with van der Waals surface area (Å²) in [5.74, 6) is 0.758. The Labute approximate surface area is 138 Å². The lowest BCUT2D eigenvalue weighted by Gasteiger charge is -2.07. The van der Waals surface area contributed by atoms with Crippen LogP contribution in [0.2, 0.25) is 0 Å². The van der Waals surface area contributed by atoms with E-state index in [0.29, 0.717) is 17.5 Å². The molecule has 0 fully saturated rings. The lowest BCUT2D eigenvalue weighted by Crippen LogP contribution is -2.26. The molecule has 0 saturated carbocycles. The summed E-state index contributed by atoms with van der Waals surface area (Å²) in [6.07, 6.45) is 0.562. The fourth-order valence-electron chi connectivity index (χ4n) is 2.38. The normalized spacial score (nSPS) is 11.7. The van der Waals surface area contributed by atoms with E-state index >= 15 is 0 Å². The largest absolute Gasteiger partial charge is 0.497 e. The molecule has 3 N–H and O–H groups in total. The van der Waals surface area contributed by atoms with Crippen molar-refractivity contribution in [3.8, 4) is 5.75 Å². The van der Waals surface area contributed by atoms with Gasteiger partial charge in [0.05, 0.1) is 23.0 Å². The molecule has 0 amide bonds. The van der Waals surface area contributed by atoms with E-state index in [0.717, 1.165) is 11.3 Å². The van der Waals surface area contributed by atoms with Crippen LogP contribution in [0, 0.1) is 0 Å². The maximum absolute atomic E-state index is 12.3. The van der Waals surface area contributed by atoms with Crippen LogP contribution in [0.25, 0.3) is 11.0 Å². The molecule has 3 aromatic rings. The Hall–Kier alpha value is -2.58. The van der Waals surface area contributed by atoms with Crippen LogP contribution in [0.15, 0.2) is 52.2 Å². The van der Waals surface area contributed by atoms with Crippen molar-refractivity contribution in [3.63, 3.8) is 0 Å². The van der Waals surface area contributed by atoms with Crippen LogP contribution in [0.5, 0.6) is 5.75 Å². The highest BCUT2D eigenvalue weighted by Crippen LogP contribution is 2.15. The number of methoxy groups -OCH3 is 1. The Morgan fingerprint density at radius 1 is 1.04 bits per heavy atom. The first-order valence-corrected chi connectivity index (χ1v) is 8.81. The van der Waals surface area contributed by atoms with Gasteiger partial charge in [-0.3, -0.25) is 0 Å². The Morgan fingerprint density at radius 2 is 1.75 bits per heavy atom. The number of sulfonamides is 1. The minimum Gasteiger partial charge on any atom is -0.497 e. The number of H-pyrrole nitrogens is 2. The number of imidazole rings is 1. The topological polar surface area (TPSA) is 104 Å². The number of ether oxygens (including phenoxy) is 1. The summed E-state index contributed by atoms with van der Waals surface area (Å²) in [7, 11) is -2.04. The minimum absolute atomic E-state index is 0.111. The Kier molecular flexibility index (Phi) is 4.41. The average molecular weight is 347 g/mol. The van der Waals surface area contributed by atoms with Crippen molar-refractivity contribution in [1.82, 2.24) is 14.7 Å². The number of rotatable bonds is 6. The van der Waals surface area contributed by atoms with Gasteiger partial charge in [0.15, 0.2) is 0 Å². The number of hydrogen-bond acceptors (Lipinski definition) is 4. The molecule has 0 atom stereocenters. The molecule has 2 aromatic carbocycles. The van der Waals surface area contributed by atoms with Gasteiger partial charge in [-0.2, -0.15) is 0 Å². The molecule has 1 aromatic heterocycles. The zero-order valence-corrected chi connectivity index (χ0v) is 13.8. The summed E-state index contributed by atoms with van der Waals surface area (Å²) >= 11 is 0. The van der Waals surface area contributed by atoms with E-state index in [1.54, 1.807) is 13.2 Å². The Balaban J connectivity index is 1.68. The molecule has 0 radical (unpaired) electrons. The van der Waals surface area contributed by atoms with Crippen LogP contribution in [0.1, 0.15) is 5.56 Å². The molecule has 0 saturated heterocycles. The summed E-state index contributed by atoms with van der Waals surface area (Å²) in [4.78, 5) is 16.5. The number of aromatic amines is 2. The smallest absolute Gasteiger partial charge is 0.323 e. The molecule has 0 unspecified atom stereocenters. The van der Waals surface area contributed by atoms with Crippen molar-refractivity contribution < 1.29 is 13.2 Å². The first-order valence-electron chi connectivity index (χ1n) is 7.32. The van der Waals surface area contributed by atoms with Crippen LogP contribution in [0.3, 0.4) is 0 Å². The van der Waals surface area contributed by atoms with E-state index in [9.17, 15) is 13.2 Å². The van der Waals surface area contributed by atoms with Crippen molar-refractivity contribution in [1.29, 1.82) is 0 Å². The minimum atomic E-state index is -3.64. The van der Waals surface area contributed by atoms with Crippen molar-refractivity contribution in [2.75, 3.05) is 13.7 Å². The van der Waals surface area contributed by atoms with Gasteiger partial charge >= 0.3 is 5.69 Å². The number of benzene rings is 2. The van der Waals surface area contributed by atoms with E-state index in [-0.39, 0.29) is 17.1 Å². The fourth-order valence-corrected chi connectivity index (χ4v) is 3.44. The number of nitrogens with one attached hydrogen (secondary N) is 3. The van der Waals surface area contributed by atoms with E-state index in [2.05, 4.69) is 14.7 Å². The van der Waals surface area contributed by atoms with E-state index < -0.39 is 10.0 Å². The summed E-state index contributed by atoms with van der Waals surface area (Å²) in [6.45, 7) is 0.274. The molecule has 24 heavy (non-hydrogen) atoms. The lowest BCUT2D eigenvalue weighted by atomic mass is 10.1. The molecule has 0 bridgehead atoms. The van der Waals surface area contributed by atoms with Crippen LogP contribution in [-0.4, -0.2) is 32.0 Å². The second-order valence-corrected chi connectivity index (χ2v) is 7.05. The zero-order valence-electron chi connectivity index (χ0n) is 13.0. The number of fused-ring (bicyclic) bond motifs is 1. The van der Waals surface area contributed by atoms with Gasteiger partial charge in [0.1, 0.15) is 5.75 Å². The quantitative estimate of drug-likeness (QED) is 0.627. The first-order chi connectivity index (χ1) is 11.5. The van der Waals surface area contributed by atoms with Crippen molar-refractivity contribution in [2.45, 2.75) is 11.3 Å². The van der Waals surface area contributed by atoms with Gasteiger partial charge in [-0.15, -0.1) is 0 Å². The predicted octanol–water partition coefficient (Wildman–Crippen LogP) is 1.39. The average Bonchev–Trinajstić information content (AvgIpc) is 2.94. The monoisotopic (exact) mass is 347 g/mol. The van der Waals surface area contributed by atoms with Gasteiger partial charge in [-0.05, 0) is 42.3 Å². The van der Waals surface area contributed by atoms with Crippen LogP contribution < -0.4 is 15.1 Å². The predicted molar refractivity (Wildman–Crippen MR) is 90.8 cm³/mol. The Bertz CT molecular complexity index is 1000. The molecule has 7 nitrogen and oxygen atoms in total. The lowest BCUT2D eigenvalue weighted by molar-refractivity contribution is 0.414. The molecular weight excluding hydrogens is 330 g/mol. The highest BCUT2D eigenvalue weighted by atomic mass is 32.2. The number of hydrogen-bond donors (Lipinski definition) is 3. The highest BCUT2D eigenvalue weighted by Gasteiger charge is 2.14. The SMILES string of the molecule is COc1ccc(CCNS(=O)(=O)c2ccc3[nH]c(=O)[nH]c3c2)cc1. The van der Waals surface area contributed by atoms with E-state index in [4.69, 9.17) is 4.74 Å². The second kappa shape index (κ2) is 6.50. The maximum Gasteiger partial charge on any atom is 0.323 e. The van der Waals surface area contributed by atoms with Crippen molar-refractivity contribution >= 4 is 21.1 Å². The van der Waals surface area contributed by atoms with Gasteiger partial charge in [0.2, 0.25) is 10.0 Å². The highest BCUT2D eigenvalue weighted by molar-refractivity contribution is 7.89. The number of aromatic nitrogens is 2. The van der Waals surface area contributed by atoms with Crippen LogP contribution >= 0.6 is 0 Å². The van der Waals surface area contributed by atoms with Gasteiger partial charge < -0.3 is 14.7 Å². The summed E-state index contributed by atoms with van der Waals surface area (Å²) < 4.78 is 32.3. The van der Waals surface area contributed by atoms with Gasteiger partial charge in [-0.1, -0.05) is 12.1 Å². The third-order valence-electron chi connectivity index (χ3n) is 3.66. The summed E-state index contributed by atoms with van der Waals surface area (Å²) in [5, 5.41) is 0. The van der Waals surface area contributed by atoms with Gasteiger partial charge in [0.25, 0.3) is 0 Å². The van der Waals surface area contributed by atoms with Gasteiger partial charge in [0, 0.05) is 6.54 Å². The zero-order chi connectivity index (χ0) is 17.2. The molecule has 126 valence electrons. The molecule has 0 aliphatic heterocycles.